The maximum Gasteiger partial charge on any atom is 0.306 e. The minimum absolute atomic E-state index is 0.0364. The summed E-state index contributed by atoms with van der Waals surface area (Å²) in [5.41, 5.74) is 3.04. The van der Waals surface area contributed by atoms with E-state index < -0.39 is 12.1 Å². The van der Waals surface area contributed by atoms with Gasteiger partial charge in [0.25, 0.3) is 0 Å². The van der Waals surface area contributed by atoms with E-state index in [9.17, 15) is 9.90 Å². The van der Waals surface area contributed by atoms with Gasteiger partial charge in [-0.2, -0.15) is 0 Å². The van der Waals surface area contributed by atoms with E-state index in [4.69, 9.17) is 27.9 Å². The molecule has 4 rings (SSSR count). The van der Waals surface area contributed by atoms with Crippen molar-refractivity contribution in [2.75, 3.05) is 6.61 Å². The summed E-state index contributed by atoms with van der Waals surface area (Å²) in [6.45, 7) is 0.511. The van der Waals surface area contributed by atoms with Crippen LogP contribution in [0.4, 0.5) is 0 Å². The van der Waals surface area contributed by atoms with Gasteiger partial charge in [0.2, 0.25) is 0 Å². The van der Waals surface area contributed by atoms with Gasteiger partial charge in [0.15, 0.2) is 0 Å². The molecule has 1 N–H and O–H groups in total. The smallest absolute Gasteiger partial charge is 0.306 e. The summed E-state index contributed by atoms with van der Waals surface area (Å²) in [7, 11) is 0. The predicted octanol–water partition coefficient (Wildman–Crippen LogP) is 5.54. The zero-order chi connectivity index (χ0) is 17.6. The molecule has 0 saturated heterocycles. The quantitative estimate of drug-likeness (QED) is 0.758. The second kappa shape index (κ2) is 6.82. The minimum Gasteiger partial charge on any atom is -0.481 e. The SMILES string of the molecule is O=C(O)CC1OCCc2c1n(C1CCCCC1)c1c(Cl)ccc(Cl)c21. The first kappa shape index (κ1) is 17.2. The normalized spacial score (nSPS) is 21.4. The standard InChI is InChI=1S/C19H21Cl2NO3/c20-13-6-7-14(21)19-17(13)12-8-9-25-15(10-16(23)24)18(12)22(19)11-4-2-1-3-5-11/h6-7,11,15H,1-5,8-10H2,(H,23,24). The Kier molecular flexibility index (Phi) is 4.69. The molecule has 1 aromatic heterocycles. The van der Waals surface area contributed by atoms with Gasteiger partial charge in [-0.1, -0.05) is 42.5 Å². The third kappa shape index (κ3) is 2.94. The molecule has 1 saturated carbocycles. The molecule has 1 unspecified atom stereocenters. The minimum atomic E-state index is -0.851. The van der Waals surface area contributed by atoms with E-state index in [1.807, 2.05) is 12.1 Å². The first-order valence-corrected chi connectivity index (χ1v) is 9.67. The van der Waals surface area contributed by atoms with Gasteiger partial charge < -0.3 is 14.4 Å². The number of rotatable bonds is 3. The lowest BCUT2D eigenvalue weighted by molar-refractivity contribution is -0.140. The Morgan fingerprint density at radius 2 is 1.92 bits per heavy atom. The number of halogens is 2. The van der Waals surface area contributed by atoms with Crippen molar-refractivity contribution in [2.24, 2.45) is 0 Å². The molecule has 134 valence electrons. The highest BCUT2D eigenvalue weighted by molar-refractivity contribution is 6.40. The molecular weight excluding hydrogens is 361 g/mol. The fourth-order valence-corrected chi connectivity index (χ4v) is 4.99. The van der Waals surface area contributed by atoms with Gasteiger partial charge in [-0.3, -0.25) is 4.79 Å². The third-order valence-corrected chi connectivity index (χ3v) is 6.09. The number of hydrogen-bond acceptors (Lipinski definition) is 2. The van der Waals surface area contributed by atoms with Gasteiger partial charge in [-0.15, -0.1) is 0 Å². The van der Waals surface area contributed by atoms with Crippen LogP contribution in [0.15, 0.2) is 12.1 Å². The molecule has 25 heavy (non-hydrogen) atoms. The van der Waals surface area contributed by atoms with Gasteiger partial charge in [0.1, 0.15) is 6.10 Å². The molecule has 0 amide bonds. The lowest BCUT2D eigenvalue weighted by Gasteiger charge is -2.31. The second-order valence-corrected chi connectivity index (χ2v) is 7.80. The molecule has 2 aromatic rings. The molecule has 1 aliphatic heterocycles. The van der Waals surface area contributed by atoms with Crippen molar-refractivity contribution in [2.45, 2.75) is 57.1 Å². The van der Waals surface area contributed by atoms with E-state index >= 15 is 0 Å². The molecule has 1 fully saturated rings. The maximum atomic E-state index is 11.4. The Labute approximate surface area is 156 Å². The number of hydrogen-bond donors (Lipinski definition) is 1. The summed E-state index contributed by atoms with van der Waals surface area (Å²) in [6.07, 6.45) is 6.04. The number of nitrogens with zero attached hydrogens (tertiary/aromatic N) is 1. The Balaban J connectivity index is 1.99. The van der Waals surface area contributed by atoms with Gasteiger partial charge >= 0.3 is 5.97 Å². The van der Waals surface area contributed by atoms with Crippen LogP contribution < -0.4 is 0 Å². The number of carboxylic acid groups (broad SMARTS) is 1. The van der Waals surface area contributed by atoms with Crippen LogP contribution in [0.5, 0.6) is 0 Å². The van der Waals surface area contributed by atoms with Gasteiger partial charge in [0.05, 0.1) is 34.3 Å². The lowest BCUT2D eigenvalue weighted by atomic mass is 9.94. The lowest BCUT2D eigenvalue weighted by Crippen LogP contribution is -2.24. The van der Waals surface area contributed by atoms with Crippen molar-refractivity contribution in [3.8, 4) is 0 Å². The highest BCUT2D eigenvalue weighted by atomic mass is 35.5. The van der Waals surface area contributed by atoms with E-state index in [0.717, 1.165) is 41.4 Å². The molecule has 2 aliphatic rings. The molecule has 0 spiro atoms. The number of benzene rings is 1. The van der Waals surface area contributed by atoms with Gasteiger partial charge in [0, 0.05) is 11.4 Å². The van der Waals surface area contributed by atoms with Crippen molar-refractivity contribution in [1.29, 1.82) is 0 Å². The summed E-state index contributed by atoms with van der Waals surface area (Å²) >= 11 is 13.1. The molecule has 1 atom stereocenters. The fourth-order valence-electron chi connectivity index (χ4n) is 4.48. The molecule has 0 bridgehead atoms. The van der Waals surface area contributed by atoms with Gasteiger partial charge in [-0.25, -0.2) is 0 Å². The number of fused-ring (bicyclic) bond motifs is 3. The Bertz CT molecular complexity index is 824. The van der Waals surface area contributed by atoms with Crippen molar-refractivity contribution < 1.29 is 14.6 Å². The van der Waals surface area contributed by atoms with Crippen LogP contribution in [-0.2, 0) is 16.0 Å². The Morgan fingerprint density at radius 1 is 1.20 bits per heavy atom. The number of carboxylic acids is 1. The van der Waals surface area contributed by atoms with Gasteiger partial charge in [-0.05, 0) is 37.0 Å². The van der Waals surface area contributed by atoms with Crippen LogP contribution in [0.25, 0.3) is 10.9 Å². The molecule has 1 aliphatic carbocycles. The van der Waals surface area contributed by atoms with Crippen LogP contribution in [-0.4, -0.2) is 22.2 Å². The largest absolute Gasteiger partial charge is 0.481 e. The fraction of sp³-hybridized carbons (Fsp3) is 0.526. The second-order valence-electron chi connectivity index (χ2n) is 6.99. The summed E-state index contributed by atoms with van der Waals surface area (Å²) in [6, 6.07) is 4.00. The summed E-state index contributed by atoms with van der Waals surface area (Å²) in [5, 5.41) is 11.7. The number of aliphatic carboxylic acids is 1. The van der Waals surface area contributed by atoms with Crippen LogP contribution in [0.2, 0.25) is 10.0 Å². The summed E-state index contributed by atoms with van der Waals surface area (Å²) in [5.74, 6) is -0.851. The number of carbonyl (C=O) groups is 1. The van der Waals surface area contributed by atoms with E-state index in [2.05, 4.69) is 4.57 Å². The Morgan fingerprint density at radius 3 is 2.64 bits per heavy atom. The average molecular weight is 382 g/mol. The van der Waals surface area contributed by atoms with Crippen LogP contribution in [0, 0.1) is 0 Å². The topological polar surface area (TPSA) is 51.5 Å². The van der Waals surface area contributed by atoms with Crippen molar-refractivity contribution >= 4 is 40.1 Å². The highest BCUT2D eigenvalue weighted by Gasteiger charge is 2.34. The van der Waals surface area contributed by atoms with E-state index in [0.29, 0.717) is 22.7 Å². The van der Waals surface area contributed by atoms with Crippen molar-refractivity contribution in [1.82, 2.24) is 4.57 Å². The number of ether oxygens (including phenoxy) is 1. The summed E-state index contributed by atoms with van der Waals surface area (Å²) in [4.78, 5) is 11.4. The Hall–Kier alpha value is -1.23. The van der Waals surface area contributed by atoms with Crippen molar-refractivity contribution in [3.63, 3.8) is 0 Å². The monoisotopic (exact) mass is 381 g/mol. The molecule has 2 heterocycles. The molecular formula is C19H21Cl2NO3. The van der Waals surface area contributed by atoms with E-state index in [1.54, 1.807) is 0 Å². The zero-order valence-electron chi connectivity index (χ0n) is 13.9. The van der Waals surface area contributed by atoms with E-state index in [-0.39, 0.29) is 6.42 Å². The third-order valence-electron chi connectivity index (χ3n) is 5.47. The van der Waals surface area contributed by atoms with Crippen LogP contribution >= 0.6 is 23.2 Å². The molecule has 4 nitrogen and oxygen atoms in total. The predicted molar refractivity (Wildman–Crippen MR) is 98.7 cm³/mol. The molecule has 0 radical (unpaired) electrons. The maximum absolute atomic E-state index is 11.4. The number of aromatic nitrogens is 1. The molecule has 1 aromatic carbocycles. The molecule has 6 heteroatoms. The van der Waals surface area contributed by atoms with Crippen LogP contribution in [0.1, 0.15) is 61.9 Å². The zero-order valence-corrected chi connectivity index (χ0v) is 15.4. The first-order chi connectivity index (χ1) is 12.1. The van der Waals surface area contributed by atoms with E-state index in [1.165, 1.54) is 19.3 Å². The van der Waals surface area contributed by atoms with Crippen molar-refractivity contribution in [3.05, 3.63) is 33.4 Å². The highest BCUT2D eigenvalue weighted by Crippen LogP contribution is 2.46. The van der Waals surface area contributed by atoms with Crippen LogP contribution in [0.3, 0.4) is 0 Å². The summed E-state index contributed by atoms with van der Waals surface area (Å²) < 4.78 is 8.14. The first-order valence-electron chi connectivity index (χ1n) is 8.92. The average Bonchev–Trinajstić information content (AvgIpc) is 2.96.